The Balaban J connectivity index is 1.40. The van der Waals surface area contributed by atoms with E-state index >= 15 is 0 Å². The van der Waals surface area contributed by atoms with Gasteiger partial charge in [0.2, 0.25) is 11.1 Å². The van der Waals surface area contributed by atoms with E-state index in [0.717, 1.165) is 41.2 Å². The van der Waals surface area contributed by atoms with Crippen molar-refractivity contribution < 1.29 is 4.79 Å². The molecule has 4 aromatic rings. The molecule has 8 nitrogen and oxygen atoms in total. The van der Waals surface area contributed by atoms with Crippen LogP contribution in [0.4, 0.5) is 5.82 Å². The molecule has 34 heavy (non-hydrogen) atoms. The van der Waals surface area contributed by atoms with Crippen molar-refractivity contribution in [3.8, 4) is 16.9 Å². The van der Waals surface area contributed by atoms with Crippen molar-refractivity contribution in [3.63, 3.8) is 0 Å². The zero-order chi connectivity index (χ0) is 23.8. The first-order chi connectivity index (χ1) is 16.4. The predicted molar refractivity (Wildman–Crippen MR) is 135 cm³/mol. The molecule has 2 aromatic heterocycles. The van der Waals surface area contributed by atoms with Gasteiger partial charge in [-0.25, -0.2) is 9.36 Å². The van der Waals surface area contributed by atoms with Gasteiger partial charge in [-0.15, -0.1) is 10.2 Å². The minimum absolute atomic E-state index is 0.165. The third-order valence-corrected chi connectivity index (χ3v) is 7.00. The van der Waals surface area contributed by atoms with E-state index in [1.165, 1.54) is 27.6 Å². The molecule has 0 bridgehead atoms. The molecular weight excluding hydrogens is 446 g/mol. The number of nitrogen functional groups attached to an aromatic ring is 1. The summed E-state index contributed by atoms with van der Waals surface area (Å²) >= 11 is 1.27. The minimum atomic E-state index is -0.165. The summed E-state index contributed by atoms with van der Waals surface area (Å²) in [4.78, 5) is 12.9. The highest BCUT2D eigenvalue weighted by Gasteiger charge is 2.30. The van der Waals surface area contributed by atoms with Gasteiger partial charge in [0.05, 0.1) is 17.1 Å². The maximum Gasteiger partial charge on any atom is 0.236 e. The fourth-order valence-corrected chi connectivity index (χ4v) is 4.58. The summed E-state index contributed by atoms with van der Waals surface area (Å²) in [5, 5.41) is 16.7. The normalized spacial score (nSPS) is 13.3. The highest BCUT2D eigenvalue weighted by molar-refractivity contribution is 7.99. The number of hydrogen-bond acceptors (Lipinski definition) is 6. The largest absolute Gasteiger partial charge is 0.336 e. The molecule has 1 aliphatic carbocycles. The van der Waals surface area contributed by atoms with Crippen LogP contribution in [0.25, 0.3) is 16.9 Å². The second kappa shape index (κ2) is 8.98. The SMILES string of the molecule is Cc1cc(C)c(-c2cc(NC(=O)CSc3nnc(C4CC4)n3N)n(-c3ccccc3)n2)cc1C. The average Bonchev–Trinajstić information content (AvgIpc) is 3.48. The zero-order valence-electron chi connectivity index (χ0n) is 19.4. The number of thioether (sulfide) groups is 1. The van der Waals surface area contributed by atoms with Crippen molar-refractivity contribution in [3.05, 3.63) is 71.0 Å². The van der Waals surface area contributed by atoms with E-state index in [0.29, 0.717) is 16.9 Å². The first kappa shape index (κ1) is 22.2. The number of amides is 1. The number of rotatable bonds is 7. The van der Waals surface area contributed by atoms with Gasteiger partial charge in [0, 0.05) is 17.5 Å². The molecular formula is C25H27N7OS. The maximum atomic E-state index is 12.9. The van der Waals surface area contributed by atoms with Crippen LogP contribution in [0, 0.1) is 20.8 Å². The number of carbonyl (C=O) groups excluding carboxylic acids is 1. The van der Waals surface area contributed by atoms with Gasteiger partial charge < -0.3 is 11.2 Å². The van der Waals surface area contributed by atoms with Crippen molar-refractivity contribution in [1.82, 2.24) is 24.7 Å². The van der Waals surface area contributed by atoms with Crippen LogP contribution >= 0.6 is 11.8 Å². The highest BCUT2D eigenvalue weighted by Crippen LogP contribution is 2.39. The Morgan fingerprint density at radius 1 is 1.06 bits per heavy atom. The van der Waals surface area contributed by atoms with E-state index in [-0.39, 0.29) is 11.7 Å². The van der Waals surface area contributed by atoms with E-state index in [9.17, 15) is 4.79 Å². The van der Waals surface area contributed by atoms with Crippen molar-refractivity contribution in [2.24, 2.45) is 0 Å². The number of nitrogens with two attached hydrogens (primary N) is 1. The number of para-hydroxylation sites is 1. The number of hydrogen-bond donors (Lipinski definition) is 2. The van der Waals surface area contributed by atoms with Crippen LogP contribution < -0.4 is 11.2 Å². The van der Waals surface area contributed by atoms with E-state index in [2.05, 4.69) is 48.4 Å². The Hall–Kier alpha value is -3.59. The van der Waals surface area contributed by atoms with Gasteiger partial charge >= 0.3 is 0 Å². The van der Waals surface area contributed by atoms with Gasteiger partial charge in [-0.3, -0.25) is 4.79 Å². The van der Waals surface area contributed by atoms with E-state index in [1.807, 2.05) is 36.4 Å². The molecule has 1 fully saturated rings. The quantitative estimate of drug-likeness (QED) is 0.305. The topological polar surface area (TPSA) is 104 Å². The fraction of sp³-hybridized carbons (Fsp3) is 0.280. The molecule has 0 spiro atoms. The maximum absolute atomic E-state index is 12.9. The Labute approximate surface area is 202 Å². The molecule has 1 aliphatic rings. The van der Waals surface area contributed by atoms with Crippen LogP contribution in [0.5, 0.6) is 0 Å². The Kier molecular flexibility index (Phi) is 5.87. The lowest BCUT2D eigenvalue weighted by Gasteiger charge is -2.09. The summed E-state index contributed by atoms with van der Waals surface area (Å²) in [6.07, 6.45) is 2.18. The second-order valence-electron chi connectivity index (χ2n) is 8.74. The number of aromatic nitrogens is 5. The molecule has 2 heterocycles. The molecule has 1 amide bonds. The van der Waals surface area contributed by atoms with E-state index in [1.54, 1.807) is 4.68 Å². The molecule has 174 valence electrons. The number of carbonyl (C=O) groups is 1. The molecule has 1 saturated carbocycles. The molecule has 3 N–H and O–H groups in total. The van der Waals surface area contributed by atoms with E-state index in [4.69, 9.17) is 10.9 Å². The van der Waals surface area contributed by atoms with Crippen LogP contribution in [0.3, 0.4) is 0 Å². The summed E-state index contributed by atoms with van der Waals surface area (Å²) in [6.45, 7) is 6.28. The summed E-state index contributed by atoms with van der Waals surface area (Å²) in [5.74, 6) is 7.91. The van der Waals surface area contributed by atoms with Crippen molar-refractivity contribution in [2.75, 3.05) is 16.9 Å². The third-order valence-electron chi connectivity index (χ3n) is 6.06. The lowest BCUT2D eigenvalue weighted by atomic mass is 9.99. The van der Waals surface area contributed by atoms with Gasteiger partial charge in [-0.1, -0.05) is 36.0 Å². The monoisotopic (exact) mass is 473 g/mol. The highest BCUT2D eigenvalue weighted by atomic mass is 32.2. The number of aryl methyl sites for hydroxylation is 3. The Morgan fingerprint density at radius 2 is 1.79 bits per heavy atom. The van der Waals surface area contributed by atoms with Crippen LogP contribution in [-0.4, -0.2) is 36.3 Å². The van der Waals surface area contributed by atoms with Crippen molar-refractivity contribution in [1.29, 1.82) is 0 Å². The molecule has 9 heteroatoms. The van der Waals surface area contributed by atoms with Gasteiger partial charge in [0.15, 0.2) is 5.82 Å². The molecule has 0 saturated heterocycles. The third kappa shape index (κ3) is 4.43. The van der Waals surface area contributed by atoms with Crippen LogP contribution in [0.1, 0.15) is 41.3 Å². The van der Waals surface area contributed by atoms with Gasteiger partial charge in [-0.2, -0.15) is 5.10 Å². The van der Waals surface area contributed by atoms with Crippen LogP contribution in [0.15, 0.2) is 53.7 Å². The van der Waals surface area contributed by atoms with Crippen molar-refractivity contribution >= 4 is 23.5 Å². The predicted octanol–water partition coefficient (Wildman–Crippen LogP) is 4.38. The van der Waals surface area contributed by atoms with E-state index < -0.39 is 0 Å². The molecule has 5 rings (SSSR count). The van der Waals surface area contributed by atoms with Gasteiger partial charge in [-0.05, 0) is 68.5 Å². The lowest BCUT2D eigenvalue weighted by molar-refractivity contribution is -0.113. The number of benzene rings is 2. The standard InChI is InChI=1S/C25H27N7OS/c1-15-11-17(3)20(12-16(15)2)21-13-22(32(30-21)19-7-5-4-6-8-19)27-23(33)14-34-25-29-28-24(31(25)26)18-9-10-18/h4-8,11-13,18H,9-10,14,26H2,1-3H3,(H,27,33). The Bertz CT molecular complexity index is 1360. The van der Waals surface area contributed by atoms with Crippen LogP contribution in [-0.2, 0) is 4.79 Å². The molecule has 2 aromatic carbocycles. The first-order valence-electron chi connectivity index (χ1n) is 11.3. The summed E-state index contributed by atoms with van der Waals surface area (Å²) in [6, 6.07) is 16.0. The average molecular weight is 474 g/mol. The zero-order valence-corrected chi connectivity index (χ0v) is 20.3. The first-order valence-corrected chi connectivity index (χ1v) is 12.3. The minimum Gasteiger partial charge on any atom is -0.336 e. The summed E-state index contributed by atoms with van der Waals surface area (Å²) in [5.41, 5.74) is 6.31. The Morgan fingerprint density at radius 3 is 2.53 bits per heavy atom. The number of nitrogens with one attached hydrogen (secondary N) is 1. The van der Waals surface area contributed by atoms with Crippen molar-refractivity contribution in [2.45, 2.75) is 44.7 Å². The number of nitrogens with zero attached hydrogens (tertiary/aromatic N) is 5. The lowest BCUT2D eigenvalue weighted by Crippen LogP contribution is -2.18. The smallest absolute Gasteiger partial charge is 0.236 e. The molecule has 0 radical (unpaired) electrons. The van der Waals surface area contributed by atoms with Gasteiger partial charge in [0.1, 0.15) is 5.82 Å². The summed E-state index contributed by atoms with van der Waals surface area (Å²) in [7, 11) is 0. The molecule has 0 aliphatic heterocycles. The van der Waals surface area contributed by atoms with Gasteiger partial charge in [0.25, 0.3) is 0 Å². The van der Waals surface area contributed by atoms with Crippen LogP contribution in [0.2, 0.25) is 0 Å². The molecule has 0 atom stereocenters. The fourth-order valence-electron chi connectivity index (χ4n) is 3.92. The number of anilines is 1. The summed E-state index contributed by atoms with van der Waals surface area (Å²) < 4.78 is 3.27. The second-order valence-corrected chi connectivity index (χ2v) is 9.68. The molecule has 0 unspecified atom stereocenters.